The normalized spacial score (nSPS) is 19.5. The minimum Gasteiger partial charge on any atom is -0.309 e. The van der Waals surface area contributed by atoms with Crippen molar-refractivity contribution in [2.45, 2.75) is 37.5 Å². The minimum atomic E-state index is -0.0137. The van der Waals surface area contributed by atoms with Crippen LogP contribution in [0.5, 0.6) is 0 Å². The van der Waals surface area contributed by atoms with Crippen molar-refractivity contribution < 1.29 is 4.79 Å². The maximum Gasteiger partial charge on any atom is 0.228 e. The Balaban J connectivity index is 1.60. The largest absolute Gasteiger partial charge is 0.309 e. The molecule has 2 fully saturated rings. The van der Waals surface area contributed by atoms with E-state index in [9.17, 15) is 4.79 Å². The zero-order valence-electron chi connectivity index (χ0n) is 12.2. The van der Waals surface area contributed by atoms with Crippen molar-refractivity contribution in [1.29, 1.82) is 0 Å². The lowest BCUT2D eigenvalue weighted by molar-refractivity contribution is -0.117. The van der Waals surface area contributed by atoms with E-state index in [1.807, 2.05) is 18.2 Å². The Morgan fingerprint density at radius 1 is 1.27 bits per heavy atom. The fourth-order valence-electron chi connectivity index (χ4n) is 3.22. The van der Waals surface area contributed by atoms with E-state index < -0.39 is 0 Å². The summed E-state index contributed by atoms with van der Waals surface area (Å²) < 4.78 is 0. The molecule has 114 valence electrons. The van der Waals surface area contributed by atoms with Crippen LogP contribution in [0.4, 0.5) is 5.82 Å². The lowest BCUT2D eigenvalue weighted by Crippen LogP contribution is -2.35. The molecule has 22 heavy (non-hydrogen) atoms. The Morgan fingerprint density at radius 3 is 2.59 bits per heavy atom. The molecule has 0 atom stereocenters. The van der Waals surface area contributed by atoms with Crippen LogP contribution in [0.15, 0.2) is 30.3 Å². The number of hydrogen-bond acceptors (Lipinski definition) is 2. The smallest absolute Gasteiger partial charge is 0.228 e. The van der Waals surface area contributed by atoms with E-state index in [4.69, 9.17) is 11.6 Å². The first-order valence-electron chi connectivity index (χ1n) is 7.80. The van der Waals surface area contributed by atoms with Gasteiger partial charge in [0.1, 0.15) is 0 Å². The van der Waals surface area contributed by atoms with Gasteiger partial charge in [-0.1, -0.05) is 30.2 Å². The Kier molecular flexibility index (Phi) is 3.22. The monoisotopic (exact) mass is 315 g/mol. The molecule has 2 N–H and O–H groups in total. The van der Waals surface area contributed by atoms with E-state index >= 15 is 0 Å². The first kappa shape index (κ1) is 13.8. The molecular weight excluding hydrogens is 298 g/mol. The highest BCUT2D eigenvalue weighted by Crippen LogP contribution is 2.48. The predicted molar refractivity (Wildman–Crippen MR) is 86.0 cm³/mol. The summed E-state index contributed by atoms with van der Waals surface area (Å²) in [6.07, 6.45) is 5.38. The number of aromatic nitrogens is 2. The number of benzene rings is 1. The summed E-state index contributed by atoms with van der Waals surface area (Å²) in [4.78, 5) is 11.8. The van der Waals surface area contributed by atoms with Crippen molar-refractivity contribution in [3.63, 3.8) is 0 Å². The number of rotatable bonds is 4. The maximum atomic E-state index is 11.8. The number of nitrogens with one attached hydrogen (secondary N) is 2. The van der Waals surface area contributed by atoms with Crippen LogP contribution in [-0.4, -0.2) is 16.1 Å². The zero-order chi connectivity index (χ0) is 15.2. The zero-order valence-corrected chi connectivity index (χ0v) is 13.0. The summed E-state index contributed by atoms with van der Waals surface area (Å²) in [5, 5.41) is 11.1. The number of carbonyl (C=O) groups is 1. The van der Waals surface area contributed by atoms with E-state index in [1.54, 1.807) is 0 Å². The molecule has 2 saturated carbocycles. The van der Waals surface area contributed by atoms with Crippen LogP contribution in [-0.2, 0) is 10.2 Å². The number of aromatic amines is 1. The van der Waals surface area contributed by atoms with E-state index in [0.717, 1.165) is 36.4 Å². The second-order valence-corrected chi connectivity index (χ2v) is 6.81. The Bertz CT molecular complexity index is 699. The summed E-state index contributed by atoms with van der Waals surface area (Å²) in [6, 6.07) is 10.0. The van der Waals surface area contributed by atoms with Crippen LogP contribution in [0.1, 0.15) is 43.4 Å². The summed E-state index contributed by atoms with van der Waals surface area (Å²) in [5.74, 6) is 0.911. The van der Waals surface area contributed by atoms with Gasteiger partial charge >= 0.3 is 0 Å². The number of nitrogens with zero attached hydrogens (tertiary/aromatic N) is 1. The molecule has 1 aromatic carbocycles. The van der Waals surface area contributed by atoms with Crippen molar-refractivity contribution in [2.75, 3.05) is 5.32 Å². The number of amides is 1. The third-order valence-corrected chi connectivity index (χ3v) is 5.15. The predicted octanol–water partition coefficient (Wildman–Crippen LogP) is 3.88. The van der Waals surface area contributed by atoms with Gasteiger partial charge in [0.2, 0.25) is 5.91 Å². The van der Waals surface area contributed by atoms with Gasteiger partial charge in [0.25, 0.3) is 0 Å². The molecule has 0 spiro atoms. The summed E-state index contributed by atoms with van der Waals surface area (Å²) in [7, 11) is 0. The van der Waals surface area contributed by atoms with Crippen molar-refractivity contribution >= 4 is 23.3 Å². The number of anilines is 1. The molecule has 2 aliphatic rings. The number of carbonyl (C=O) groups excluding carboxylic acids is 1. The summed E-state index contributed by atoms with van der Waals surface area (Å²) in [5.41, 5.74) is 2.32. The minimum absolute atomic E-state index is 0.0137. The first-order valence-corrected chi connectivity index (χ1v) is 8.18. The molecular formula is C17H18ClN3O. The fraction of sp³-hybridized carbons (Fsp3) is 0.412. The first-order chi connectivity index (χ1) is 10.7. The van der Waals surface area contributed by atoms with Crippen LogP contribution in [0.2, 0.25) is 5.02 Å². The molecule has 1 amide bonds. The second-order valence-electron chi connectivity index (χ2n) is 6.37. The van der Waals surface area contributed by atoms with E-state index in [-0.39, 0.29) is 17.2 Å². The fourth-order valence-corrected chi connectivity index (χ4v) is 3.34. The van der Waals surface area contributed by atoms with E-state index in [0.29, 0.717) is 5.82 Å². The van der Waals surface area contributed by atoms with E-state index in [1.165, 1.54) is 12.0 Å². The standard InChI is InChI=1S/C17H18ClN3O/c18-13-6-4-12(5-7-13)17(8-1-9-17)14-10-15(21-20-14)19-16(22)11-2-3-11/h4-7,10-11H,1-3,8-9H2,(H2,19,20,21,22). The Labute approximate surface area is 134 Å². The van der Waals surface area contributed by atoms with Crippen molar-refractivity contribution in [2.24, 2.45) is 5.92 Å². The van der Waals surface area contributed by atoms with Gasteiger partial charge in [-0.15, -0.1) is 0 Å². The number of H-pyrrole nitrogens is 1. The van der Waals surface area contributed by atoms with Gasteiger partial charge in [-0.05, 0) is 43.4 Å². The topological polar surface area (TPSA) is 57.8 Å². The van der Waals surface area contributed by atoms with Crippen molar-refractivity contribution in [3.05, 3.63) is 46.6 Å². The third kappa shape index (κ3) is 2.31. The molecule has 2 aromatic rings. The van der Waals surface area contributed by atoms with Crippen LogP contribution in [0.3, 0.4) is 0 Å². The summed E-state index contributed by atoms with van der Waals surface area (Å²) in [6.45, 7) is 0. The molecule has 2 aliphatic carbocycles. The lowest BCUT2D eigenvalue weighted by atomic mass is 9.62. The van der Waals surface area contributed by atoms with Gasteiger partial charge in [0.05, 0.1) is 0 Å². The molecule has 1 aromatic heterocycles. The molecule has 0 radical (unpaired) electrons. The average molecular weight is 316 g/mol. The molecule has 5 heteroatoms. The van der Waals surface area contributed by atoms with Crippen LogP contribution in [0.25, 0.3) is 0 Å². The van der Waals surface area contributed by atoms with Gasteiger partial charge in [-0.3, -0.25) is 9.89 Å². The highest BCUT2D eigenvalue weighted by atomic mass is 35.5. The molecule has 4 nitrogen and oxygen atoms in total. The van der Waals surface area contributed by atoms with Gasteiger partial charge in [0.15, 0.2) is 5.82 Å². The number of hydrogen-bond donors (Lipinski definition) is 2. The molecule has 0 unspecified atom stereocenters. The molecule has 0 saturated heterocycles. The lowest BCUT2D eigenvalue weighted by Gasteiger charge is -2.41. The van der Waals surface area contributed by atoms with E-state index in [2.05, 4.69) is 27.6 Å². The second kappa shape index (κ2) is 5.13. The average Bonchev–Trinajstić information content (AvgIpc) is 3.22. The SMILES string of the molecule is O=C(Nc1cc(C2(c3ccc(Cl)cc3)CCC2)[nH]n1)C1CC1. The highest BCUT2D eigenvalue weighted by Gasteiger charge is 2.42. The van der Waals surface area contributed by atoms with Crippen LogP contribution >= 0.6 is 11.6 Å². The van der Waals surface area contributed by atoms with Crippen LogP contribution < -0.4 is 5.32 Å². The van der Waals surface area contributed by atoms with Gasteiger partial charge in [-0.2, -0.15) is 5.10 Å². The van der Waals surface area contributed by atoms with Crippen molar-refractivity contribution in [1.82, 2.24) is 10.2 Å². The quantitative estimate of drug-likeness (QED) is 0.899. The van der Waals surface area contributed by atoms with Crippen LogP contribution in [0, 0.1) is 5.92 Å². The maximum absolute atomic E-state index is 11.8. The van der Waals surface area contributed by atoms with Crippen molar-refractivity contribution in [3.8, 4) is 0 Å². The summed E-state index contributed by atoms with van der Waals surface area (Å²) >= 11 is 6.00. The molecule has 1 heterocycles. The highest BCUT2D eigenvalue weighted by molar-refractivity contribution is 6.30. The molecule has 0 aliphatic heterocycles. The Hall–Kier alpha value is -1.81. The molecule has 4 rings (SSSR count). The molecule has 0 bridgehead atoms. The number of halogens is 1. The van der Waals surface area contributed by atoms with Gasteiger partial charge in [0, 0.05) is 28.1 Å². The van der Waals surface area contributed by atoms with Gasteiger partial charge in [-0.25, -0.2) is 0 Å². The Morgan fingerprint density at radius 2 is 2.00 bits per heavy atom. The van der Waals surface area contributed by atoms with Gasteiger partial charge < -0.3 is 5.32 Å². The third-order valence-electron chi connectivity index (χ3n) is 4.90.